The van der Waals surface area contributed by atoms with Crippen molar-refractivity contribution in [2.75, 3.05) is 52.5 Å². The number of halogens is 1. The lowest BCUT2D eigenvalue weighted by Gasteiger charge is -2.07. The highest BCUT2D eigenvalue weighted by Gasteiger charge is 2.08. The van der Waals surface area contributed by atoms with Crippen LogP contribution in [0.1, 0.15) is 10.4 Å². The van der Waals surface area contributed by atoms with E-state index < -0.39 is 5.97 Å². The number of rotatable bonds is 10. The van der Waals surface area contributed by atoms with Crippen LogP contribution in [-0.2, 0) is 18.9 Å². The van der Waals surface area contributed by atoms with Crippen LogP contribution in [0.3, 0.4) is 0 Å². The summed E-state index contributed by atoms with van der Waals surface area (Å²) in [7, 11) is 1.61. The third kappa shape index (κ3) is 7.87. The maximum Gasteiger partial charge on any atom is 0.338 e. The molecule has 0 atom stereocenters. The molecule has 0 aliphatic heterocycles. The molecule has 0 aromatic heterocycles. The van der Waals surface area contributed by atoms with Gasteiger partial charge in [0.25, 0.3) is 0 Å². The van der Waals surface area contributed by atoms with Gasteiger partial charge in [-0.05, 0) is 18.2 Å². The van der Waals surface area contributed by atoms with Gasteiger partial charge in [0.05, 0.1) is 38.6 Å². The van der Waals surface area contributed by atoms with Gasteiger partial charge >= 0.3 is 5.97 Å². The molecule has 6 nitrogen and oxygen atoms in total. The number of carbonyl (C=O) groups excluding carboxylic acids is 1. The molecule has 118 valence electrons. The minimum atomic E-state index is -0.482. The van der Waals surface area contributed by atoms with Gasteiger partial charge in [-0.15, -0.1) is 0 Å². The van der Waals surface area contributed by atoms with Crippen molar-refractivity contribution in [3.05, 3.63) is 28.8 Å². The van der Waals surface area contributed by atoms with Crippen LogP contribution >= 0.6 is 11.6 Å². The number of nitrogen functional groups attached to an aromatic ring is 1. The van der Waals surface area contributed by atoms with Crippen molar-refractivity contribution in [1.29, 1.82) is 0 Å². The SMILES string of the molecule is COCCOCCOCCOC(=O)c1cc(N)cc(Cl)c1. The molecule has 0 aliphatic rings. The molecule has 0 spiro atoms. The van der Waals surface area contributed by atoms with Crippen molar-refractivity contribution in [1.82, 2.24) is 0 Å². The number of esters is 1. The Morgan fingerprint density at radius 1 is 1.05 bits per heavy atom. The van der Waals surface area contributed by atoms with Crippen LogP contribution in [0, 0.1) is 0 Å². The first kappa shape index (κ1) is 17.7. The van der Waals surface area contributed by atoms with Gasteiger partial charge in [-0.1, -0.05) is 11.6 Å². The zero-order valence-electron chi connectivity index (χ0n) is 12.0. The molecule has 7 heteroatoms. The highest BCUT2D eigenvalue weighted by molar-refractivity contribution is 6.31. The lowest BCUT2D eigenvalue weighted by atomic mass is 10.2. The van der Waals surface area contributed by atoms with Gasteiger partial charge in [0.1, 0.15) is 6.61 Å². The van der Waals surface area contributed by atoms with E-state index in [4.69, 9.17) is 36.3 Å². The lowest BCUT2D eigenvalue weighted by molar-refractivity contribution is 0.00570. The van der Waals surface area contributed by atoms with Crippen molar-refractivity contribution in [3.8, 4) is 0 Å². The maximum absolute atomic E-state index is 11.7. The number of ether oxygens (including phenoxy) is 4. The van der Waals surface area contributed by atoms with Gasteiger partial charge in [0.2, 0.25) is 0 Å². The number of benzene rings is 1. The van der Waals surface area contributed by atoms with Crippen molar-refractivity contribution in [3.63, 3.8) is 0 Å². The van der Waals surface area contributed by atoms with Crippen molar-refractivity contribution in [2.24, 2.45) is 0 Å². The Kier molecular flexibility index (Phi) is 8.77. The molecule has 1 rings (SSSR count). The summed E-state index contributed by atoms with van der Waals surface area (Å²) in [4.78, 5) is 11.7. The Hall–Kier alpha value is -1.34. The minimum Gasteiger partial charge on any atom is -0.460 e. The Labute approximate surface area is 129 Å². The van der Waals surface area contributed by atoms with Crippen LogP contribution in [0.25, 0.3) is 0 Å². The van der Waals surface area contributed by atoms with Crippen molar-refractivity contribution in [2.45, 2.75) is 0 Å². The zero-order valence-corrected chi connectivity index (χ0v) is 12.7. The van der Waals surface area contributed by atoms with Crippen LogP contribution in [0.4, 0.5) is 5.69 Å². The van der Waals surface area contributed by atoms with Crippen LogP contribution in [-0.4, -0.2) is 52.7 Å². The van der Waals surface area contributed by atoms with Gasteiger partial charge in [-0.25, -0.2) is 4.79 Å². The Morgan fingerprint density at radius 3 is 2.29 bits per heavy atom. The zero-order chi connectivity index (χ0) is 15.5. The summed E-state index contributed by atoms with van der Waals surface area (Å²) in [5, 5.41) is 0.395. The number of anilines is 1. The first-order valence-corrected chi connectivity index (χ1v) is 6.89. The maximum atomic E-state index is 11.7. The molecule has 0 fully saturated rings. The van der Waals surface area contributed by atoms with Crippen LogP contribution in [0.2, 0.25) is 5.02 Å². The third-order valence-electron chi connectivity index (χ3n) is 2.42. The molecule has 1 aromatic rings. The molecule has 1 aromatic carbocycles. The number of nitrogens with two attached hydrogens (primary N) is 1. The van der Waals surface area contributed by atoms with E-state index in [1.54, 1.807) is 13.2 Å². The van der Waals surface area contributed by atoms with Crippen LogP contribution in [0.5, 0.6) is 0 Å². The molecule has 0 saturated heterocycles. The summed E-state index contributed by atoms with van der Waals surface area (Å²) in [6.07, 6.45) is 0. The number of methoxy groups -OCH3 is 1. The van der Waals surface area contributed by atoms with Gasteiger partial charge < -0.3 is 24.7 Å². The standard InChI is InChI=1S/C14H20ClNO5/c1-18-2-3-19-4-5-20-6-7-21-14(17)11-8-12(15)10-13(16)9-11/h8-10H,2-7,16H2,1H3. The van der Waals surface area contributed by atoms with Gasteiger partial charge in [0.15, 0.2) is 0 Å². The third-order valence-corrected chi connectivity index (χ3v) is 2.64. The second-order valence-electron chi connectivity index (χ2n) is 4.13. The van der Waals surface area contributed by atoms with E-state index in [1.165, 1.54) is 12.1 Å². The van der Waals surface area contributed by atoms with Crippen LogP contribution in [0.15, 0.2) is 18.2 Å². The summed E-state index contributed by atoms with van der Waals surface area (Å²) < 4.78 is 20.3. The van der Waals surface area contributed by atoms with E-state index in [2.05, 4.69) is 0 Å². The predicted molar refractivity (Wildman–Crippen MR) is 79.7 cm³/mol. The molecule has 0 aliphatic carbocycles. The molecule has 21 heavy (non-hydrogen) atoms. The molecule has 0 unspecified atom stereocenters. The number of hydrogen-bond acceptors (Lipinski definition) is 6. The average Bonchev–Trinajstić information content (AvgIpc) is 2.44. The fourth-order valence-electron chi connectivity index (χ4n) is 1.47. The van der Waals surface area contributed by atoms with Crippen molar-refractivity contribution < 1.29 is 23.7 Å². The molecule has 2 N–H and O–H groups in total. The first-order valence-electron chi connectivity index (χ1n) is 6.51. The van der Waals surface area contributed by atoms with E-state index in [0.717, 1.165) is 0 Å². The summed E-state index contributed by atoms with van der Waals surface area (Å²) in [5.41, 5.74) is 6.34. The first-order chi connectivity index (χ1) is 10.1. The summed E-state index contributed by atoms with van der Waals surface area (Å²) >= 11 is 5.81. The summed E-state index contributed by atoms with van der Waals surface area (Å²) in [6.45, 7) is 2.46. The summed E-state index contributed by atoms with van der Waals surface area (Å²) in [6, 6.07) is 4.58. The molecular weight excluding hydrogens is 298 g/mol. The molecule has 0 heterocycles. The Bertz CT molecular complexity index is 421. The van der Waals surface area contributed by atoms with E-state index in [9.17, 15) is 4.79 Å². The molecule has 0 radical (unpaired) electrons. The van der Waals surface area contributed by atoms with Gasteiger partial charge in [-0.3, -0.25) is 0 Å². The molecule has 0 amide bonds. The molecular formula is C14H20ClNO5. The van der Waals surface area contributed by atoms with Crippen molar-refractivity contribution >= 4 is 23.3 Å². The smallest absolute Gasteiger partial charge is 0.338 e. The second kappa shape index (κ2) is 10.4. The molecule has 0 bridgehead atoms. The normalized spacial score (nSPS) is 10.6. The highest BCUT2D eigenvalue weighted by atomic mass is 35.5. The van der Waals surface area contributed by atoms with Gasteiger partial charge in [-0.2, -0.15) is 0 Å². The fraction of sp³-hybridized carbons (Fsp3) is 0.500. The lowest BCUT2D eigenvalue weighted by Crippen LogP contribution is -2.14. The quantitative estimate of drug-likeness (QED) is 0.402. The largest absolute Gasteiger partial charge is 0.460 e. The number of hydrogen-bond donors (Lipinski definition) is 1. The van der Waals surface area contributed by atoms with E-state index in [0.29, 0.717) is 49.3 Å². The average molecular weight is 318 g/mol. The molecule has 0 saturated carbocycles. The van der Waals surface area contributed by atoms with Crippen LogP contribution < -0.4 is 5.73 Å². The monoisotopic (exact) mass is 317 g/mol. The van der Waals surface area contributed by atoms with Gasteiger partial charge in [0, 0.05) is 17.8 Å². The number of carbonyl (C=O) groups is 1. The van der Waals surface area contributed by atoms with E-state index >= 15 is 0 Å². The topological polar surface area (TPSA) is 80.0 Å². The Balaban J connectivity index is 2.11. The predicted octanol–water partition coefficient (Wildman–Crippen LogP) is 1.76. The fourth-order valence-corrected chi connectivity index (χ4v) is 1.71. The van der Waals surface area contributed by atoms with E-state index in [1.807, 2.05) is 0 Å². The summed E-state index contributed by atoms with van der Waals surface area (Å²) in [5.74, 6) is -0.482. The minimum absolute atomic E-state index is 0.156. The Morgan fingerprint density at radius 2 is 1.67 bits per heavy atom. The van der Waals surface area contributed by atoms with E-state index in [-0.39, 0.29) is 6.61 Å². The second-order valence-corrected chi connectivity index (χ2v) is 4.56. The highest BCUT2D eigenvalue weighted by Crippen LogP contribution is 2.17.